The number of rotatable bonds is 5. The fraction of sp³-hybridized carbons (Fsp3) is 0.286. The Morgan fingerprint density at radius 2 is 1.92 bits per heavy atom. The fourth-order valence-electron chi connectivity index (χ4n) is 3.21. The van der Waals surface area contributed by atoms with Gasteiger partial charge in [0, 0.05) is 0 Å². The molecule has 0 saturated heterocycles. The van der Waals surface area contributed by atoms with Crippen LogP contribution in [0.3, 0.4) is 0 Å². The maximum absolute atomic E-state index is 12.1. The molecule has 1 aliphatic rings. The van der Waals surface area contributed by atoms with E-state index in [1.807, 2.05) is 31.2 Å². The summed E-state index contributed by atoms with van der Waals surface area (Å²) in [4.78, 5) is 12.1. The predicted molar refractivity (Wildman–Crippen MR) is 95.5 cm³/mol. The third-order valence-electron chi connectivity index (χ3n) is 4.38. The van der Waals surface area contributed by atoms with Crippen LogP contribution < -0.4 is 5.32 Å². The summed E-state index contributed by atoms with van der Waals surface area (Å²) in [6.07, 6.45) is 5.18. The van der Waals surface area contributed by atoms with Gasteiger partial charge in [-0.1, -0.05) is 60.7 Å². The third-order valence-corrected chi connectivity index (χ3v) is 4.38. The van der Waals surface area contributed by atoms with E-state index in [4.69, 9.17) is 4.74 Å². The molecule has 0 spiro atoms. The van der Waals surface area contributed by atoms with E-state index in [2.05, 4.69) is 35.6 Å². The first kappa shape index (κ1) is 16.5. The van der Waals surface area contributed by atoms with Crippen molar-refractivity contribution in [1.82, 2.24) is 5.32 Å². The zero-order valence-electron chi connectivity index (χ0n) is 13.9. The first-order chi connectivity index (χ1) is 11.8. The number of carbonyl (C=O) groups excluding carboxylic acids is 1. The number of aryl methyl sites for hydroxylation is 1. The van der Waals surface area contributed by atoms with Crippen LogP contribution in [-0.2, 0) is 22.6 Å². The smallest absolute Gasteiger partial charge is 0.244 e. The Morgan fingerprint density at radius 3 is 2.71 bits per heavy atom. The van der Waals surface area contributed by atoms with Crippen molar-refractivity contribution in [3.63, 3.8) is 0 Å². The van der Waals surface area contributed by atoms with Crippen LogP contribution in [0.2, 0.25) is 0 Å². The van der Waals surface area contributed by atoms with Crippen LogP contribution in [-0.4, -0.2) is 12.0 Å². The first-order valence-electron chi connectivity index (χ1n) is 8.44. The number of benzene rings is 2. The molecule has 2 atom stereocenters. The van der Waals surface area contributed by atoms with Crippen molar-refractivity contribution in [3.8, 4) is 0 Å². The van der Waals surface area contributed by atoms with Crippen molar-refractivity contribution >= 4 is 5.91 Å². The van der Waals surface area contributed by atoms with E-state index < -0.39 is 0 Å². The number of ether oxygens (including phenoxy) is 1. The molecule has 124 valence electrons. The number of allylic oxidation sites excluding steroid dienone is 1. The van der Waals surface area contributed by atoms with Crippen molar-refractivity contribution < 1.29 is 9.53 Å². The van der Waals surface area contributed by atoms with Gasteiger partial charge >= 0.3 is 0 Å². The SMILES string of the molecule is C/C=C/C(=O)N[C@@H]1c2ccccc2CC[C@@H]1OCc1ccccc1. The highest BCUT2D eigenvalue weighted by molar-refractivity contribution is 5.87. The molecule has 0 heterocycles. The molecule has 3 rings (SSSR count). The summed E-state index contributed by atoms with van der Waals surface area (Å²) >= 11 is 0. The van der Waals surface area contributed by atoms with Gasteiger partial charge in [-0.3, -0.25) is 4.79 Å². The van der Waals surface area contributed by atoms with Crippen molar-refractivity contribution in [1.29, 1.82) is 0 Å². The quantitative estimate of drug-likeness (QED) is 0.847. The van der Waals surface area contributed by atoms with Crippen LogP contribution in [0.5, 0.6) is 0 Å². The van der Waals surface area contributed by atoms with Gasteiger partial charge in [-0.25, -0.2) is 0 Å². The summed E-state index contributed by atoms with van der Waals surface area (Å²) in [7, 11) is 0. The number of carbonyl (C=O) groups is 1. The van der Waals surface area contributed by atoms with Gasteiger partial charge in [0.15, 0.2) is 0 Å². The maximum atomic E-state index is 12.1. The Bertz CT molecular complexity index is 709. The van der Waals surface area contributed by atoms with E-state index in [0.717, 1.165) is 18.4 Å². The third kappa shape index (κ3) is 3.92. The molecular formula is C21H23NO2. The van der Waals surface area contributed by atoms with E-state index >= 15 is 0 Å². The Hall–Kier alpha value is -2.39. The molecule has 0 unspecified atom stereocenters. The maximum Gasteiger partial charge on any atom is 0.244 e. The second-order valence-corrected chi connectivity index (χ2v) is 6.06. The highest BCUT2D eigenvalue weighted by Gasteiger charge is 2.30. The molecule has 0 bridgehead atoms. The van der Waals surface area contributed by atoms with Gasteiger partial charge in [0.05, 0.1) is 18.8 Å². The van der Waals surface area contributed by atoms with Gasteiger partial charge in [0.2, 0.25) is 5.91 Å². The molecule has 1 N–H and O–H groups in total. The molecule has 3 nitrogen and oxygen atoms in total. The van der Waals surface area contributed by atoms with Gasteiger partial charge < -0.3 is 10.1 Å². The number of fused-ring (bicyclic) bond motifs is 1. The minimum Gasteiger partial charge on any atom is -0.371 e. The number of hydrogen-bond acceptors (Lipinski definition) is 2. The molecule has 1 amide bonds. The van der Waals surface area contributed by atoms with Gasteiger partial charge in [-0.05, 0) is 42.5 Å². The summed E-state index contributed by atoms with van der Waals surface area (Å²) in [6.45, 7) is 2.40. The predicted octanol–water partition coefficient (Wildman–Crippen LogP) is 3.95. The summed E-state index contributed by atoms with van der Waals surface area (Å²) < 4.78 is 6.18. The van der Waals surface area contributed by atoms with E-state index in [1.54, 1.807) is 12.2 Å². The van der Waals surface area contributed by atoms with E-state index in [9.17, 15) is 4.79 Å². The number of amides is 1. The van der Waals surface area contributed by atoms with E-state index in [-0.39, 0.29) is 18.1 Å². The Labute approximate surface area is 143 Å². The lowest BCUT2D eigenvalue weighted by Crippen LogP contribution is -2.40. The standard InChI is InChI=1S/C21H23NO2/c1-2-8-20(23)22-21-18-12-7-6-11-17(18)13-14-19(21)24-15-16-9-4-3-5-10-16/h2-12,19,21H,13-15H2,1H3,(H,22,23)/b8-2+/t19-,21+/m0/s1. The van der Waals surface area contributed by atoms with Crippen molar-refractivity contribution in [2.45, 2.75) is 38.5 Å². The molecule has 3 heteroatoms. The van der Waals surface area contributed by atoms with Crippen LogP contribution in [0.4, 0.5) is 0 Å². The van der Waals surface area contributed by atoms with Crippen molar-refractivity contribution in [3.05, 3.63) is 83.4 Å². The zero-order chi connectivity index (χ0) is 16.8. The Kier molecular flexibility index (Phi) is 5.44. The average molecular weight is 321 g/mol. The second-order valence-electron chi connectivity index (χ2n) is 6.06. The van der Waals surface area contributed by atoms with Gasteiger partial charge in [-0.15, -0.1) is 0 Å². The average Bonchev–Trinajstić information content (AvgIpc) is 2.62. The van der Waals surface area contributed by atoms with Crippen LogP contribution in [0.15, 0.2) is 66.7 Å². The molecule has 2 aromatic carbocycles. The molecule has 0 fully saturated rings. The minimum atomic E-state index is -0.109. The van der Waals surface area contributed by atoms with E-state index in [1.165, 1.54) is 11.1 Å². The lowest BCUT2D eigenvalue weighted by atomic mass is 9.85. The second kappa shape index (κ2) is 7.93. The Morgan fingerprint density at radius 1 is 1.17 bits per heavy atom. The minimum absolute atomic E-state index is 0.0192. The lowest BCUT2D eigenvalue weighted by Gasteiger charge is -2.34. The van der Waals surface area contributed by atoms with Crippen LogP contribution >= 0.6 is 0 Å². The summed E-state index contributed by atoms with van der Waals surface area (Å²) in [5.41, 5.74) is 3.61. The van der Waals surface area contributed by atoms with Gasteiger partial charge in [0.25, 0.3) is 0 Å². The normalized spacial score (nSPS) is 19.9. The molecule has 24 heavy (non-hydrogen) atoms. The molecular weight excluding hydrogens is 298 g/mol. The molecule has 0 radical (unpaired) electrons. The first-order valence-corrected chi connectivity index (χ1v) is 8.44. The highest BCUT2D eigenvalue weighted by Crippen LogP contribution is 2.32. The molecule has 0 saturated carbocycles. The van der Waals surface area contributed by atoms with Crippen LogP contribution in [0.1, 0.15) is 36.1 Å². The molecule has 2 aromatic rings. The van der Waals surface area contributed by atoms with Crippen LogP contribution in [0.25, 0.3) is 0 Å². The molecule has 0 aromatic heterocycles. The summed E-state index contributed by atoms with van der Waals surface area (Å²) in [5, 5.41) is 3.11. The largest absolute Gasteiger partial charge is 0.371 e. The summed E-state index contributed by atoms with van der Waals surface area (Å²) in [6, 6.07) is 18.3. The molecule has 0 aliphatic heterocycles. The van der Waals surface area contributed by atoms with Crippen molar-refractivity contribution in [2.75, 3.05) is 0 Å². The van der Waals surface area contributed by atoms with Gasteiger partial charge in [-0.2, -0.15) is 0 Å². The number of nitrogens with one attached hydrogen (secondary N) is 1. The monoisotopic (exact) mass is 321 g/mol. The zero-order valence-corrected chi connectivity index (χ0v) is 13.9. The number of hydrogen-bond donors (Lipinski definition) is 1. The van der Waals surface area contributed by atoms with Crippen molar-refractivity contribution in [2.24, 2.45) is 0 Å². The van der Waals surface area contributed by atoms with Crippen LogP contribution in [0, 0.1) is 0 Å². The van der Waals surface area contributed by atoms with Gasteiger partial charge in [0.1, 0.15) is 0 Å². The fourth-order valence-corrected chi connectivity index (χ4v) is 3.21. The summed E-state index contributed by atoms with van der Waals surface area (Å²) in [5.74, 6) is -0.0764. The molecule has 1 aliphatic carbocycles. The Balaban J connectivity index is 1.77. The lowest BCUT2D eigenvalue weighted by molar-refractivity contribution is -0.118. The highest BCUT2D eigenvalue weighted by atomic mass is 16.5. The topological polar surface area (TPSA) is 38.3 Å². The van der Waals surface area contributed by atoms with E-state index in [0.29, 0.717) is 6.61 Å².